The van der Waals surface area contributed by atoms with Crippen LogP contribution < -0.4 is 0 Å². The summed E-state index contributed by atoms with van der Waals surface area (Å²) in [5, 5.41) is 7.05. The van der Waals surface area contributed by atoms with Crippen LogP contribution in [0, 0.1) is 6.92 Å². The number of nitrogens with one attached hydrogen (secondary N) is 1. The van der Waals surface area contributed by atoms with Crippen molar-refractivity contribution in [1.29, 1.82) is 0 Å². The Labute approximate surface area is 133 Å². The Kier molecular flexibility index (Phi) is 3.33. The van der Waals surface area contributed by atoms with E-state index in [0.717, 1.165) is 30.8 Å². The fraction of sp³-hybridized carbons (Fsp3) is 0.375. The van der Waals surface area contributed by atoms with Gasteiger partial charge in [-0.15, -0.1) is 0 Å². The number of piperidine rings is 1. The van der Waals surface area contributed by atoms with E-state index >= 15 is 0 Å². The van der Waals surface area contributed by atoms with Crippen molar-refractivity contribution in [3.05, 3.63) is 47.8 Å². The number of imidazole rings is 1. The quantitative estimate of drug-likeness (QED) is 0.782. The zero-order valence-corrected chi connectivity index (χ0v) is 12.9. The summed E-state index contributed by atoms with van der Waals surface area (Å²) < 4.78 is 1.78. The SMILES string of the molecule is Cc1nc2ncccn2c1C(=O)N1CCCC(c2ccn[nH]2)C1. The van der Waals surface area contributed by atoms with E-state index in [-0.39, 0.29) is 5.91 Å². The largest absolute Gasteiger partial charge is 0.337 e. The van der Waals surface area contributed by atoms with Crippen molar-refractivity contribution in [2.45, 2.75) is 25.7 Å². The predicted molar refractivity (Wildman–Crippen MR) is 84.2 cm³/mol. The average Bonchev–Trinajstić information content (AvgIpc) is 3.21. The maximum absolute atomic E-state index is 13.0. The van der Waals surface area contributed by atoms with Crippen LogP contribution in [0.25, 0.3) is 5.78 Å². The van der Waals surface area contributed by atoms with Gasteiger partial charge < -0.3 is 4.90 Å². The molecule has 1 atom stereocenters. The van der Waals surface area contributed by atoms with Crippen molar-refractivity contribution >= 4 is 11.7 Å². The van der Waals surface area contributed by atoms with Gasteiger partial charge in [-0.05, 0) is 31.9 Å². The molecule has 7 heteroatoms. The summed E-state index contributed by atoms with van der Waals surface area (Å²) in [6, 6.07) is 3.80. The van der Waals surface area contributed by atoms with Crippen LogP contribution in [0.15, 0.2) is 30.7 Å². The molecule has 0 aromatic carbocycles. The first kappa shape index (κ1) is 13.9. The maximum Gasteiger partial charge on any atom is 0.272 e. The fourth-order valence-electron chi connectivity index (χ4n) is 3.31. The minimum atomic E-state index is 0.0206. The molecule has 118 valence electrons. The molecule has 1 amide bonds. The highest BCUT2D eigenvalue weighted by Gasteiger charge is 2.29. The zero-order chi connectivity index (χ0) is 15.8. The number of hydrogen-bond donors (Lipinski definition) is 1. The Morgan fingerprint density at radius 3 is 3.13 bits per heavy atom. The Hall–Kier alpha value is -2.70. The van der Waals surface area contributed by atoms with E-state index in [1.54, 1.807) is 16.8 Å². The third-order valence-electron chi connectivity index (χ3n) is 4.45. The number of aromatic nitrogens is 5. The van der Waals surface area contributed by atoms with Gasteiger partial charge in [0.25, 0.3) is 5.91 Å². The molecule has 1 N–H and O–H groups in total. The third-order valence-corrected chi connectivity index (χ3v) is 4.45. The van der Waals surface area contributed by atoms with Crippen molar-refractivity contribution < 1.29 is 4.79 Å². The van der Waals surface area contributed by atoms with E-state index in [1.807, 2.05) is 30.2 Å². The summed E-state index contributed by atoms with van der Waals surface area (Å²) in [4.78, 5) is 23.5. The van der Waals surface area contributed by atoms with Crippen LogP contribution in [0.5, 0.6) is 0 Å². The van der Waals surface area contributed by atoms with E-state index in [4.69, 9.17) is 0 Å². The van der Waals surface area contributed by atoms with Crippen molar-refractivity contribution in [3.63, 3.8) is 0 Å². The molecule has 0 aliphatic carbocycles. The van der Waals surface area contributed by atoms with Crippen LogP contribution >= 0.6 is 0 Å². The number of carbonyl (C=O) groups excluding carboxylic acids is 1. The number of hydrogen-bond acceptors (Lipinski definition) is 4. The number of rotatable bonds is 2. The van der Waals surface area contributed by atoms with Crippen LogP contribution in [0.3, 0.4) is 0 Å². The average molecular weight is 310 g/mol. The van der Waals surface area contributed by atoms with Crippen LogP contribution in [0.1, 0.15) is 40.6 Å². The van der Waals surface area contributed by atoms with E-state index < -0.39 is 0 Å². The summed E-state index contributed by atoms with van der Waals surface area (Å²) in [6.07, 6.45) is 7.34. The minimum absolute atomic E-state index is 0.0206. The number of aromatic amines is 1. The highest BCUT2D eigenvalue weighted by molar-refractivity contribution is 5.94. The number of H-pyrrole nitrogens is 1. The minimum Gasteiger partial charge on any atom is -0.337 e. The number of nitrogens with zero attached hydrogens (tertiary/aromatic N) is 5. The molecule has 1 unspecified atom stereocenters. The van der Waals surface area contributed by atoms with Gasteiger partial charge in [0.05, 0.1) is 5.69 Å². The Morgan fingerprint density at radius 1 is 1.39 bits per heavy atom. The lowest BCUT2D eigenvalue weighted by Gasteiger charge is -2.32. The molecule has 0 bridgehead atoms. The molecule has 4 rings (SSSR count). The standard InChI is InChI=1S/C16H18N6O/c1-11-14(22-9-3-6-17-16(22)19-11)15(23)21-8-2-4-12(10-21)13-5-7-18-20-13/h3,5-7,9,12H,2,4,8,10H2,1H3,(H,18,20). The van der Waals surface area contributed by atoms with E-state index in [0.29, 0.717) is 23.9 Å². The second-order valence-corrected chi connectivity index (χ2v) is 5.94. The number of fused-ring (bicyclic) bond motifs is 1. The van der Waals surface area contributed by atoms with E-state index in [9.17, 15) is 4.79 Å². The summed E-state index contributed by atoms with van der Waals surface area (Å²) in [7, 11) is 0. The first-order chi connectivity index (χ1) is 11.2. The molecule has 1 saturated heterocycles. The van der Waals surface area contributed by atoms with Crippen molar-refractivity contribution in [1.82, 2.24) is 29.5 Å². The number of likely N-dealkylation sites (tertiary alicyclic amines) is 1. The predicted octanol–water partition coefficient (Wildman–Crippen LogP) is 1.78. The highest BCUT2D eigenvalue weighted by atomic mass is 16.2. The molecule has 3 aromatic heterocycles. The summed E-state index contributed by atoms with van der Waals surface area (Å²) in [6.45, 7) is 3.34. The maximum atomic E-state index is 13.0. The van der Waals surface area contributed by atoms with Gasteiger partial charge in [0.1, 0.15) is 5.69 Å². The van der Waals surface area contributed by atoms with E-state index in [1.165, 1.54) is 0 Å². The number of amides is 1. The Bertz CT molecular complexity index is 838. The summed E-state index contributed by atoms with van der Waals surface area (Å²) in [5.74, 6) is 0.899. The molecule has 1 fully saturated rings. The molecule has 0 saturated carbocycles. The van der Waals surface area contributed by atoms with Gasteiger partial charge in [-0.2, -0.15) is 5.10 Å². The first-order valence-electron chi connectivity index (χ1n) is 7.82. The normalized spacial score (nSPS) is 18.5. The first-order valence-corrected chi connectivity index (χ1v) is 7.82. The topological polar surface area (TPSA) is 79.2 Å². The van der Waals surface area contributed by atoms with Gasteiger partial charge in [0.15, 0.2) is 0 Å². The van der Waals surface area contributed by atoms with Crippen molar-refractivity contribution in [2.24, 2.45) is 0 Å². The smallest absolute Gasteiger partial charge is 0.272 e. The number of aryl methyl sites for hydroxylation is 1. The van der Waals surface area contributed by atoms with Gasteiger partial charge in [-0.1, -0.05) is 0 Å². The molecule has 4 heterocycles. The fourth-order valence-corrected chi connectivity index (χ4v) is 3.31. The van der Waals surface area contributed by atoms with Gasteiger partial charge in [0, 0.05) is 43.3 Å². The van der Waals surface area contributed by atoms with Crippen molar-refractivity contribution in [3.8, 4) is 0 Å². The molecule has 1 aliphatic rings. The molecule has 0 radical (unpaired) electrons. The van der Waals surface area contributed by atoms with Gasteiger partial charge in [-0.25, -0.2) is 9.97 Å². The summed E-state index contributed by atoms with van der Waals surface area (Å²) >= 11 is 0. The lowest BCUT2D eigenvalue weighted by molar-refractivity contribution is 0.0698. The highest BCUT2D eigenvalue weighted by Crippen LogP contribution is 2.26. The second kappa shape index (κ2) is 5.49. The molecule has 23 heavy (non-hydrogen) atoms. The molecule has 0 spiro atoms. The van der Waals surface area contributed by atoms with Gasteiger partial charge >= 0.3 is 0 Å². The lowest BCUT2D eigenvalue weighted by atomic mass is 9.94. The third kappa shape index (κ3) is 2.38. The van der Waals surface area contributed by atoms with Crippen LogP contribution in [-0.4, -0.2) is 48.5 Å². The van der Waals surface area contributed by atoms with Crippen LogP contribution in [0.4, 0.5) is 0 Å². The monoisotopic (exact) mass is 310 g/mol. The van der Waals surface area contributed by atoms with Crippen LogP contribution in [0.2, 0.25) is 0 Å². The second-order valence-electron chi connectivity index (χ2n) is 5.94. The lowest BCUT2D eigenvalue weighted by Crippen LogP contribution is -2.40. The Morgan fingerprint density at radius 2 is 2.30 bits per heavy atom. The van der Waals surface area contributed by atoms with Gasteiger partial charge in [-0.3, -0.25) is 14.3 Å². The molecule has 3 aromatic rings. The van der Waals surface area contributed by atoms with Crippen LogP contribution in [-0.2, 0) is 0 Å². The summed E-state index contributed by atoms with van der Waals surface area (Å²) in [5.41, 5.74) is 2.43. The molecule has 7 nitrogen and oxygen atoms in total. The zero-order valence-electron chi connectivity index (χ0n) is 12.9. The van der Waals surface area contributed by atoms with Crippen molar-refractivity contribution in [2.75, 3.05) is 13.1 Å². The molecular formula is C16H18N6O. The molecular weight excluding hydrogens is 292 g/mol. The van der Waals surface area contributed by atoms with Gasteiger partial charge in [0.2, 0.25) is 5.78 Å². The number of carbonyl (C=O) groups is 1. The molecule has 1 aliphatic heterocycles. The Balaban J connectivity index is 1.64. The van der Waals surface area contributed by atoms with E-state index in [2.05, 4.69) is 20.2 Å².